The van der Waals surface area contributed by atoms with Crippen LogP contribution in [0.3, 0.4) is 0 Å². The summed E-state index contributed by atoms with van der Waals surface area (Å²) >= 11 is 0. The average molecular weight is 240 g/mol. The van der Waals surface area contributed by atoms with E-state index in [-0.39, 0.29) is 11.1 Å². The molecule has 1 rings (SSSR count). The van der Waals surface area contributed by atoms with Gasteiger partial charge in [0, 0.05) is 11.1 Å². The first-order valence-electron chi connectivity index (χ1n) is 4.73. The molecule has 92 valence electrons. The lowest BCUT2D eigenvalue weighted by molar-refractivity contribution is -0.386. The number of rotatable bonds is 3. The Morgan fingerprint density at radius 2 is 2.06 bits per heavy atom. The largest absolute Gasteiger partial charge is 0.502 e. The Hall–Kier alpha value is -2.15. The van der Waals surface area contributed by atoms with E-state index in [4.69, 9.17) is 10.8 Å². The highest BCUT2D eigenvalue weighted by molar-refractivity contribution is 5.78. The second-order valence-corrected chi connectivity index (χ2v) is 3.68. The number of aryl methyl sites for hydroxylation is 1. The van der Waals surface area contributed by atoms with Gasteiger partial charge in [0.1, 0.15) is 6.04 Å². The number of hydrogen-bond acceptors (Lipinski definition) is 5. The third kappa shape index (κ3) is 2.18. The molecule has 0 aliphatic rings. The zero-order valence-electron chi connectivity index (χ0n) is 9.30. The monoisotopic (exact) mass is 240 g/mol. The molecule has 7 nitrogen and oxygen atoms in total. The normalized spacial score (nSPS) is 12.2. The van der Waals surface area contributed by atoms with Gasteiger partial charge in [-0.05, 0) is 25.5 Å². The van der Waals surface area contributed by atoms with Crippen LogP contribution in [0.25, 0.3) is 0 Å². The smallest absolute Gasteiger partial charge is 0.325 e. The number of benzene rings is 1. The lowest BCUT2D eigenvalue weighted by Crippen LogP contribution is -2.21. The molecule has 0 amide bonds. The van der Waals surface area contributed by atoms with Gasteiger partial charge in [-0.1, -0.05) is 0 Å². The number of hydrogen-bond donors (Lipinski definition) is 3. The first-order chi connectivity index (χ1) is 7.77. The minimum Gasteiger partial charge on any atom is -0.502 e. The molecule has 0 aromatic heterocycles. The van der Waals surface area contributed by atoms with Crippen molar-refractivity contribution in [2.45, 2.75) is 19.9 Å². The van der Waals surface area contributed by atoms with E-state index < -0.39 is 28.4 Å². The molecule has 1 aromatic rings. The summed E-state index contributed by atoms with van der Waals surface area (Å²) in [7, 11) is 0. The standard InChI is InChI=1S/C10H12N2O5/c1-4-3-6(7(11)10(14)15)9(13)8(5(4)2)12(16)17/h3,7,13H,11H2,1-2H3,(H,14,15)/t7-/m0/s1. The number of nitro groups is 1. The van der Waals surface area contributed by atoms with Gasteiger partial charge in [-0.15, -0.1) is 0 Å². The van der Waals surface area contributed by atoms with Crippen molar-refractivity contribution in [3.8, 4) is 5.75 Å². The number of carboxylic acids is 1. The van der Waals surface area contributed by atoms with Gasteiger partial charge in [-0.3, -0.25) is 14.9 Å². The van der Waals surface area contributed by atoms with Gasteiger partial charge in [0.25, 0.3) is 0 Å². The Morgan fingerprint density at radius 3 is 2.47 bits per heavy atom. The van der Waals surface area contributed by atoms with Crippen LogP contribution in [0.15, 0.2) is 6.07 Å². The summed E-state index contributed by atoms with van der Waals surface area (Å²) < 4.78 is 0. The number of carbonyl (C=O) groups is 1. The van der Waals surface area contributed by atoms with Crippen LogP contribution in [0.4, 0.5) is 5.69 Å². The summed E-state index contributed by atoms with van der Waals surface area (Å²) in [6, 6.07) is -0.149. The first kappa shape index (κ1) is 12.9. The van der Waals surface area contributed by atoms with E-state index in [0.29, 0.717) is 5.56 Å². The number of carboxylic acid groups (broad SMARTS) is 1. The fourth-order valence-electron chi connectivity index (χ4n) is 1.50. The summed E-state index contributed by atoms with van der Waals surface area (Å²) in [5.41, 5.74) is 5.47. The fourth-order valence-corrected chi connectivity index (χ4v) is 1.50. The second-order valence-electron chi connectivity index (χ2n) is 3.68. The number of phenols is 1. The fraction of sp³-hybridized carbons (Fsp3) is 0.300. The zero-order chi connectivity index (χ0) is 13.3. The quantitative estimate of drug-likeness (QED) is 0.534. The van der Waals surface area contributed by atoms with Crippen molar-refractivity contribution >= 4 is 11.7 Å². The van der Waals surface area contributed by atoms with E-state index in [2.05, 4.69) is 0 Å². The van der Waals surface area contributed by atoms with Crippen molar-refractivity contribution < 1.29 is 19.9 Å². The summed E-state index contributed by atoms with van der Waals surface area (Å²) in [5.74, 6) is -2.05. The number of phenolic OH excluding ortho intramolecular Hbond substituents is 1. The second kappa shape index (κ2) is 4.38. The highest BCUT2D eigenvalue weighted by Crippen LogP contribution is 2.37. The number of aromatic hydroxyl groups is 1. The van der Waals surface area contributed by atoms with Crippen LogP contribution in [-0.2, 0) is 4.79 Å². The topological polar surface area (TPSA) is 127 Å². The Bertz CT molecular complexity index is 498. The van der Waals surface area contributed by atoms with E-state index in [1.54, 1.807) is 6.92 Å². The zero-order valence-corrected chi connectivity index (χ0v) is 9.30. The van der Waals surface area contributed by atoms with Gasteiger partial charge in [0.2, 0.25) is 0 Å². The van der Waals surface area contributed by atoms with Crippen LogP contribution < -0.4 is 5.73 Å². The van der Waals surface area contributed by atoms with Gasteiger partial charge in [-0.25, -0.2) is 0 Å². The molecule has 0 unspecified atom stereocenters. The molecule has 0 fully saturated rings. The molecule has 1 atom stereocenters. The van der Waals surface area contributed by atoms with Crippen LogP contribution in [-0.4, -0.2) is 21.1 Å². The van der Waals surface area contributed by atoms with Crippen LogP contribution in [0, 0.1) is 24.0 Å². The number of nitrogens with two attached hydrogens (primary N) is 1. The lowest BCUT2D eigenvalue weighted by Gasteiger charge is -2.12. The Kier molecular flexibility index (Phi) is 3.33. The third-order valence-electron chi connectivity index (χ3n) is 2.60. The van der Waals surface area contributed by atoms with Gasteiger partial charge in [-0.2, -0.15) is 0 Å². The molecule has 7 heteroatoms. The lowest BCUT2D eigenvalue weighted by atomic mass is 9.98. The molecule has 0 saturated carbocycles. The summed E-state index contributed by atoms with van der Waals surface area (Å²) in [6.45, 7) is 3.06. The number of aliphatic carboxylic acids is 1. The molecule has 1 aromatic carbocycles. The highest BCUT2D eigenvalue weighted by Gasteiger charge is 2.28. The Morgan fingerprint density at radius 1 is 1.53 bits per heavy atom. The number of nitrogens with zero attached hydrogens (tertiary/aromatic N) is 1. The minimum absolute atomic E-state index is 0.160. The summed E-state index contributed by atoms with van der Waals surface area (Å²) in [4.78, 5) is 20.8. The predicted molar refractivity (Wildman–Crippen MR) is 58.8 cm³/mol. The molecule has 0 radical (unpaired) electrons. The van der Waals surface area contributed by atoms with Crippen molar-refractivity contribution in [3.63, 3.8) is 0 Å². The molecule has 0 saturated heterocycles. The van der Waals surface area contributed by atoms with Crippen molar-refractivity contribution in [1.29, 1.82) is 0 Å². The van der Waals surface area contributed by atoms with Crippen molar-refractivity contribution in [2.75, 3.05) is 0 Å². The third-order valence-corrected chi connectivity index (χ3v) is 2.60. The summed E-state index contributed by atoms with van der Waals surface area (Å²) in [6.07, 6.45) is 0. The van der Waals surface area contributed by atoms with E-state index in [1.165, 1.54) is 13.0 Å². The van der Waals surface area contributed by atoms with Gasteiger partial charge in [0.05, 0.1) is 4.92 Å². The molecular weight excluding hydrogens is 228 g/mol. The van der Waals surface area contributed by atoms with Gasteiger partial charge < -0.3 is 15.9 Å². The molecule has 4 N–H and O–H groups in total. The first-order valence-corrected chi connectivity index (χ1v) is 4.73. The Balaban J connectivity index is 3.55. The minimum atomic E-state index is -1.49. The SMILES string of the molecule is Cc1cc([C@H](N)C(=O)O)c(O)c([N+](=O)[O-])c1C. The van der Waals surface area contributed by atoms with E-state index >= 15 is 0 Å². The number of nitro benzene ring substituents is 1. The van der Waals surface area contributed by atoms with Crippen molar-refractivity contribution in [2.24, 2.45) is 5.73 Å². The van der Waals surface area contributed by atoms with E-state index in [9.17, 15) is 20.0 Å². The maximum absolute atomic E-state index is 10.8. The molecule has 0 aliphatic carbocycles. The molecule has 0 heterocycles. The average Bonchev–Trinajstić information content (AvgIpc) is 2.22. The van der Waals surface area contributed by atoms with E-state index in [0.717, 1.165) is 0 Å². The van der Waals surface area contributed by atoms with Crippen LogP contribution in [0.5, 0.6) is 5.75 Å². The van der Waals surface area contributed by atoms with Gasteiger partial charge >= 0.3 is 11.7 Å². The van der Waals surface area contributed by atoms with Crippen molar-refractivity contribution in [3.05, 3.63) is 32.9 Å². The van der Waals surface area contributed by atoms with Crippen LogP contribution in [0.1, 0.15) is 22.7 Å². The molecular formula is C10H12N2O5. The van der Waals surface area contributed by atoms with Crippen LogP contribution >= 0.6 is 0 Å². The molecule has 0 spiro atoms. The molecule has 0 aliphatic heterocycles. The van der Waals surface area contributed by atoms with Gasteiger partial charge in [0.15, 0.2) is 5.75 Å². The molecule has 0 bridgehead atoms. The summed E-state index contributed by atoms with van der Waals surface area (Å²) in [5, 5.41) is 29.2. The Labute approximate surface area is 96.6 Å². The van der Waals surface area contributed by atoms with E-state index in [1.807, 2.05) is 0 Å². The van der Waals surface area contributed by atoms with Crippen LogP contribution in [0.2, 0.25) is 0 Å². The van der Waals surface area contributed by atoms with Crippen molar-refractivity contribution in [1.82, 2.24) is 0 Å². The maximum atomic E-state index is 10.8. The maximum Gasteiger partial charge on any atom is 0.325 e. The highest BCUT2D eigenvalue weighted by atomic mass is 16.6. The molecule has 17 heavy (non-hydrogen) atoms. The predicted octanol–water partition coefficient (Wildman–Crippen LogP) is 1.00.